The third kappa shape index (κ3) is 3.46. The molecule has 6 nitrogen and oxygen atoms in total. The number of hydrogen-bond donors (Lipinski definition) is 0. The Labute approximate surface area is 94.4 Å². The number of methoxy groups -OCH3 is 1. The first kappa shape index (κ1) is 12.9. The topological polar surface area (TPSA) is 65.1 Å². The Kier molecular flexibility index (Phi) is 5.21. The molecule has 16 heavy (non-hydrogen) atoms. The van der Waals surface area contributed by atoms with Crippen LogP contribution in [0.1, 0.15) is 6.92 Å². The molecule has 1 fully saturated rings. The quantitative estimate of drug-likeness (QED) is 0.606. The minimum atomic E-state index is -0.677. The third-order valence-electron chi connectivity index (χ3n) is 2.31. The molecule has 0 N–H and O–H groups in total. The van der Waals surface area contributed by atoms with Crippen LogP contribution in [0.5, 0.6) is 0 Å². The molecule has 0 saturated carbocycles. The average Bonchev–Trinajstić information content (AvgIpc) is 2.35. The van der Waals surface area contributed by atoms with Gasteiger partial charge >= 0.3 is 5.97 Å². The smallest absolute Gasteiger partial charge is 0.336 e. The van der Waals surface area contributed by atoms with Gasteiger partial charge in [-0.25, -0.2) is 4.79 Å². The number of morpholine rings is 1. The fraction of sp³-hybridized carbons (Fsp3) is 0.800. The normalized spacial score (nSPS) is 20.6. The number of hydrogen-bond acceptors (Lipinski definition) is 5. The van der Waals surface area contributed by atoms with E-state index in [0.29, 0.717) is 19.8 Å². The van der Waals surface area contributed by atoms with E-state index in [2.05, 4.69) is 4.74 Å². The summed E-state index contributed by atoms with van der Waals surface area (Å²) in [6.07, 6.45) is -0.677. The van der Waals surface area contributed by atoms with Crippen LogP contribution < -0.4 is 0 Å². The van der Waals surface area contributed by atoms with Gasteiger partial charge in [-0.1, -0.05) is 0 Å². The molecule has 6 heteroatoms. The summed E-state index contributed by atoms with van der Waals surface area (Å²) in [6, 6.07) is 0. The van der Waals surface area contributed by atoms with Gasteiger partial charge in [0.05, 0.1) is 20.3 Å². The molecule has 1 atom stereocenters. The van der Waals surface area contributed by atoms with Crippen molar-refractivity contribution < 1.29 is 23.8 Å². The monoisotopic (exact) mass is 231 g/mol. The van der Waals surface area contributed by atoms with Crippen LogP contribution in [0.3, 0.4) is 0 Å². The Morgan fingerprint density at radius 2 is 2.25 bits per heavy atom. The molecule has 1 saturated heterocycles. The SMILES string of the molecule is CCOCC(=O)N1CCOC(C(=O)OC)C1. The maximum atomic E-state index is 11.6. The van der Waals surface area contributed by atoms with Crippen LogP contribution in [-0.4, -0.2) is 62.9 Å². The summed E-state index contributed by atoms with van der Waals surface area (Å²) in [5.41, 5.74) is 0. The first-order chi connectivity index (χ1) is 7.69. The lowest BCUT2D eigenvalue weighted by Gasteiger charge is -2.31. The van der Waals surface area contributed by atoms with E-state index in [1.165, 1.54) is 7.11 Å². The molecule has 0 aliphatic carbocycles. The van der Waals surface area contributed by atoms with Crippen molar-refractivity contribution in [2.45, 2.75) is 13.0 Å². The lowest BCUT2D eigenvalue weighted by atomic mass is 10.2. The van der Waals surface area contributed by atoms with E-state index in [4.69, 9.17) is 9.47 Å². The lowest BCUT2D eigenvalue weighted by molar-refractivity contribution is -0.163. The molecule has 0 aromatic carbocycles. The Hall–Kier alpha value is -1.14. The fourth-order valence-corrected chi connectivity index (χ4v) is 1.43. The predicted molar refractivity (Wildman–Crippen MR) is 54.8 cm³/mol. The van der Waals surface area contributed by atoms with E-state index >= 15 is 0 Å². The first-order valence-corrected chi connectivity index (χ1v) is 5.24. The maximum absolute atomic E-state index is 11.6. The van der Waals surface area contributed by atoms with Crippen LogP contribution in [0.15, 0.2) is 0 Å². The molecule has 1 heterocycles. The van der Waals surface area contributed by atoms with Gasteiger partial charge in [0.15, 0.2) is 6.10 Å². The molecule has 1 rings (SSSR count). The molecule has 92 valence electrons. The second-order valence-electron chi connectivity index (χ2n) is 3.36. The van der Waals surface area contributed by atoms with Crippen LogP contribution >= 0.6 is 0 Å². The summed E-state index contributed by atoms with van der Waals surface area (Å²) in [4.78, 5) is 24.4. The summed E-state index contributed by atoms with van der Waals surface area (Å²) < 4.78 is 14.8. The van der Waals surface area contributed by atoms with Crippen LogP contribution in [0.25, 0.3) is 0 Å². The zero-order valence-corrected chi connectivity index (χ0v) is 9.60. The molecule has 1 aliphatic rings. The number of amides is 1. The average molecular weight is 231 g/mol. The van der Waals surface area contributed by atoms with Gasteiger partial charge in [0.2, 0.25) is 5.91 Å². The Bertz CT molecular complexity index is 256. The van der Waals surface area contributed by atoms with Crippen LogP contribution in [0.4, 0.5) is 0 Å². The fourth-order valence-electron chi connectivity index (χ4n) is 1.43. The van der Waals surface area contributed by atoms with Gasteiger partial charge < -0.3 is 19.1 Å². The number of carbonyl (C=O) groups excluding carboxylic acids is 2. The summed E-state index contributed by atoms with van der Waals surface area (Å²) in [5.74, 6) is -0.576. The van der Waals surface area contributed by atoms with Crippen molar-refractivity contribution in [2.24, 2.45) is 0 Å². The van der Waals surface area contributed by atoms with Crippen LogP contribution in [0, 0.1) is 0 Å². The Balaban J connectivity index is 2.43. The van der Waals surface area contributed by atoms with Gasteiger partial charge in [0, 0.05) is 13.2 Å². The largest absolute Gasteiger partial charge is 0.467 e. The zero-order chi connectivity index (χ0) is 12.0. The number of nitrogens with zero attached hydrogens (tertiary/aromatic N) is 1. The van der Waals surface area contributed by atoms with Crippen molar-refractivity contribution in [3.05, 3.63) is 0 Å². The van der Waals surface area contributed by atoms with E-state index in [1.807, 2.05) is 6.92 Å². The van der Waals surface area contributed by atoms with Crippen molar-refractivity contribution in [1.29, 1.82) is 0 Å². The van der Waals surface area contributed by atoms with Gasteiger partial charge in [0.1, 0.15) is 6.61 Å². The van der Waals surface area contributed by atoms with E-state index in [9.17, 15) is 9.59 Å². The number of carbonyl (C=O) groups is 2. The molecule has 1 unspecified atom stereocenters. The van der Waals surface area contributed by atoms with Crippen LogP contribution in [0.2, 0.25) is 0 Å². The van der Waals surface area contributed by atoms with Crippen molar-refractivity contribution >= 4 is 11.9 Å². The minimum Gasteiger partial charge on any atom is -0.467 e. The van der Waals surface area contributed by atoms with E-state index in [-0.39, 0.29) is 19.1 Å². The maximum Gasteiger partial charge on any atom is 0.336 e. The molecule has 0 aromatic heterocycles. The van der Waals surface area contributed by atoms with Crippen molar-refractivity contribution in [2.75, 3.05) is 40.0 Å². The molecule has 1 aliphatic heterocycles. The molecule has 0 bridgehead atoms. The summed E-state index contributed by atoms with van der Waals surface area (Å²) in [7, 11) is 1.30. The zero-order valence-electron chi connectivity index (χ0n) is 9.60. The van der Waals surface area contributed by atoms with Gasteiger partial charge in [-0.2, -0.15) is 0 Å². The minimum absolute atomic E-state index is 0.0460. The lowest BCUT2D eigenvalue weighted by Crippen LogP contribution is -2.49. The standard InChI is InChI=1S/C10H17NO5/c1-3-15-7-9(12)11-4-5-16-8(6-11)10(13)14-2/h8H,3-7H2,1-2H3. The summed E-state index contributed by atoms with van der Waals surface area (Å²) in [6.45, 7) is 3.43. The highest BCUT2D eigenvalue weighted by Gasteiger charge is 2.29. The summed E-state index contributed by atoms with van der Waals surface area (Å²) >= 11 is 0. The van der Waals surface area contributed by atoms with Crippen molar-refractivity contribution in [1.82, 2.24) is 4.90 Å². The molecule has 0 radical (unpaired) electrons. The number of esters is 1. The summed E-state index contributed by atoms with van der Waals surface area (Å²) in [5, 5.41) is 0. The molecular formula is C10H17NO5. The van der Waals surface area contributed by atoms with Crippen LogP contribution in [-0.2, 0) is 23.8 Å². The van der Waals surface area contributed by atoms with Gasteiger partial charge in [-0.05, 0) is 6.92 Å². The second-order valence-corrected chi connectivity index (χ2v) is 3.36. The first-order valence-electron chi connectivity index (χ1n) is 5.24. The highest BCUT2D eigenvalue weighted by Crippen LogP contribution is 2.07. The third-order valence-corrected chi connectivity index (χ3v) is 2.31. The molecule has 0 spiro atoms. The molecule has 0 aromatic rings. The highest BCUT2D eigenvalue weighted by atomic mass is 16.6. The van der Waals surface area contributed by atoms with Gasteiger partial charge in [-0.15, -0.1) is 0 Å². The Morgan fingerprint density at radius 3 is 2.88 bits per heavy atom. The van der Waals surface area contributed by atoms with E-state index in [0.717, 1.165) is 0 Å². The molecule has 1 amide bonds. The van der Waals surface area contributed by atoms with Gasteiger partial charge in [-0.3, -0.25) is 4.79 Å². The van der Waals surface area contributed by atoms with Crippen molar-refractivity contribution in [3.63, 3.8) is 0 Å². The van der Waals surface area contributed by atoms with E-state index in [1.54, 1.807) is 4.90 Å². The van der Waals surface area contributed by atoms with Crippen molar-refractivity contribution in [3.8, 4) is 0 Å². The predicted octanol–water partition coefficient (Wildman–Crippen LogP) is -0.577. The second kappa shape index (κ2) is 6.44. The molecular weight excluding hydrogens is 214 g/mol. The van der Waals surface area contributed by atoms with Gasteiger partial charge in [0.25, 0.3) is 0 Å². The highest BCUT2D eigenvalue weighted by molar-refractivity contribution is 5.80. The number of ether oxygens (including phenoxy) is 3. The number of rotatable bonds is 4. The Morgan fingerprint density at radius 1 is 1.50 bits per heavy atom. The van der Waals surface area contributed by atoms with E-state index < -0.39 is 12.1 Å².